The molecule has 0 bridgehead atoms. The first-order valence-corrected chi connectivity index (χ1v) is 7.39. The van der Waals surface area contributed by atoms with Crippen LogP contribution in [0.2, 0.25) is 0 Å². The molecule has 1 atom stereocenters. The fourth-order valence-corrected chi connectivity index (χ4v) is 2.89. The van der Waals surface area contributed by atoms with Gasteiger partial charge in [0.2, 0.25) is 0 Å². The van der Waals surface area contributed by atoms with E-state index in [9.17, 15) is 0 Å². The molecule has 0 amide bonds. The third kappa shape index (κ3) is 3.26. The van der Waals surface area contributed by atoms with Gasteiger partial charge in [0, 0.05) is 51.2 Å². The molecule has 1 aliphatic heterocycles. The second-order valence-corrected chi connectivity index (χ2v) is 5.32. The molecule has 4 nitrogen and oxygen atoms in total. The first-order valence-electron chi connectivity index (χ1n) is 7.39. The lowest BCUT2D eigenvalue weighted by Crippen LogP contribution is -2.46. The minimum absolute atomic E-state index is 0.507. The van der Waals surface area contributed by atoms with Crippen LogP contribution in [0.1, 0.15) is 18.0 Å². The molecule has 1 fully saturated rings. The fourth-order valence-electron chi connectivity index (χ4n) is 2.89. The highest BCUT2D eigenvalue weighted by atomic mass is 15.2. The maximum absolute atomic E-state index is 4.09. The number of imidazole rings is 1. The predicted molar refractivity (Wildman–Crippen MR) is 80.5 cm³/mol. The van der Waals surface area contributed by atoms with E-state index in [0.29, 0.717) is 6.04 Å². The average Bonchev–Trinajstić information content (AvgIpc) is 3.02. The van der Waals surface area contributed by atoms with E-state index in [1.807, 2.05) is 18.7 Å². The van der Waals surface area contributed by atoms with Gasteiger partial charge in [-0.15, -0.1) is 0 Å². The first kappa shape index (κ1) is 13.3. The van der Waals surface area contributed by atoms with Gasteiger partial charge in [0.25, 0.3) is 0 Å². The molecule has 1 unspecified atom stereocenters. The summed E-state index contributed by atoms with van der Waals surface area (Å²) in [5, 5.41) is 3.51. The zero-order valence-corrected chi connectivity index (χ0v) is 11.8. The Balaban J connectivity index is 1.58. The monoisotopic (exact) mass is 270 g/mol. The summed E-state index contributed by atoms with van der Waals surface area (Å²) in [4.78, 5) is 6.69. The molecule has 0 aliphatic carbocycles. The van der Waals surface area contributed by atoms with Crippen molar-refractivity contribution in [1.29, 1.82) is 0 Å². The van der Waals surface area contributed by atoms with E-state index in [-0.39, 0.29) is 0 Å². The number of rotatable bonds is 5. The van der Waals surface area contributed by atoms with Crippen molar-refractivity contribution < 1.29 is 0 Å². The van der Waals surface area contributed by atoms with E-state index in [4.69, 9.17) is 0 Å². The van der Waals surface area contributed by atoms with Crippen LogP contribution in [0.25, 0.3) is 0 Å². The second kappa shape index (κ2) is 6.68. The molecule has 4 heteroatoms. The van der Waals surface area contributed by atoms with Gasteiger partial charge in [0.15, 0.2) is 0 Å². The molecule has 0 radical (unpaired) electrons. The third-order valence-corrected chi connectivity index (χ3v) is 3.96. The van der Waals surface area contributed by atoms with Crippen molar-refractivity contribution in [2.45, 2.75) is 19.0 Å². The number of hydrogen-bond donors (Lipinski definition) is 1. The topological polar surface area (TPSA) is 33.1 Å². The molecular weight excluding hydrogens is 248 g/mol. The van der Waals surface area contributed by atoms with Gasteiger partial charge < -0.3 is 9.88 Å². The minimum atomic E-state index is 0.507. The Kier molecular flexibility index (Phi) is 4.46. The van der Waals surface area contributed by atoms with E-state index >= 15 is 0 Å². The van der Waals surface area contributed by atoms with E-state index in [2.05, 4.69) is 50.1 Å². The SMILES string of the molecule is c1ccc(C2CNCCN2CCCn2ccnc2)cc1. The molecular formula is C16H22N4. The van der Waals surface area contributed by atoms with E-state index in [1.54, 1.807) is 0 Å². The van der Waals surface area contributed by atoms with Crippen molar-refractivity contribution in [3.05, 3.63) is 54.6 Å². The Hall–Kier alpha value is -1.65. The van der Waals surface area contributed by atoms with E-state index < -0.39 is 0 Å². The normalized spacial score (nSPS) is 20.1. The fraction of sp³-hybridized carbons (Fsp3) is 0.438. The Morgan fingerprint density at radius 1 is 1.20 bits per heavy atom. The molecule has 106 valence electrons. The van der Waals surface area contributed by atoms with Gasteiger partial charge in [0.1, 0.15) is 0 Å². The molecule has 3 rings (SSSR count). The summed E-state index contributed by atoms with van der Waals surface area (Å²) >= 11 is 0. The standard InChI is InChI=1S/C16H22N4/c1-2-5-15(6-3-1)16-13-17-8-12-20(16)10-4-9-19-11-7-18-14-19/h1-3,5-7,11,14,16-17H,4,8-10,12-13H2. The zero-order valence-electron chi connectivity index (χ0n) is 11.8. The van der Waals surface area contributed by atoms with Gasteiger partial charge in [-0.05, 0) is 12.0 Å². The first-order chi connectivity index (χ1) is 9.93. The molecule has 1 aromatic heterocycles. The van der Waals surface area contributed by atoms with Crippen LogP contribution in [-0.4, -0.2) is 40.6 Å². The summed E-state index contributed by atoms with van der Waals surface area (Å²) in [5.41, 5.74) is 1.42. The number of aromatic nitrogens is 2. The maximum Gasteiger partial charge on any atom is 0.0945 e. The van der Waals surface area contributed by atoms with Gasteiger partial charge in [-0.25, -0.2) is 4.98 Å². The van der Waals surface area contributed by atoms with Crippen LogP contribution in [0.4, 0.5) is 0 Å². The van der Waals surface area contributed by atoms with Crippen LogP contribution >= 0.6 is 0 Å². The number of nitrogens with zero attached hydrogens (tertiary/aromatic N) is 3. The van der Waals surface area contributed by atoms with Crippen LogP contribution in [-0.2, 0) is 6.54 Å². The van der Waals surface area contributed by atoms with E-state index in [1.165, 1.54) is 12.0 Å². The van der Waals surface area contributed by atoms with Gasteiger partial charge in [-0.2, -0.15) is 0 Å². The Morgan fingerprint density at radius 3 is 2.90 bits per heavy atom. The lowest BCUT2D eigenvalue weighted by molar-refractivity contribution is 0.158. The summed E-state index contributed by atoms with van der Waals surface area (Å²) < 4.78 is 2.15. The average molecular weight is 270 g/mol. The molecule has 2 heterocycles. The van der Waals surface area contributed by atoms with Crippen molar-refractivity contribution in [3.8, 4) is 0 Å². The zero-order chi connectivity index (χ0) is 13.6. The Bertz CT molecular complexity index is 494. The predicted octanol–water partition coefficient (Wildman–Crippen LogP) is 1.92. The minimum Gasteiger partial charge on any atom is -0.337 e. The summed E-state index contributed by atoms with van der Waals surface area (Å²) in [5.74, 6) is 0. The molecule has 20 heavy (non-hydrogen) atoms. The quantitative estimate of drug-likeness (QED) is 0.901. The molecule has 1 N–H and O–H groups in total. The molecule has 1 aromatic carbocycles. The number of piperazine rings is 1. The van der Waals surface area contributed by atoms with Crippen LogP contribution in [0.15, 0.2) is 49.1 Å². The van der Waals surface area contributed by atoms with Gasteiger partial charge >= 0.3 is 0 Å². The summed E-state index contributed by atoms with van der Waals surface area (Å²) in [7, 11) is 0. The molecule has 1 aliphatic rings. The van der Waals surface area contributed by atoms with Crippen LogP contribution in [0.3, 0.4) is 0 Å². The highest BCUT2D eigenvalue weighted by molar-refractivity contribution is 5.20. The summed E-state index contributed by atoms with van der Waals surface area (Å²) in [6.07, 6.45) is 6.94. The highest BCUT2D eigenvalue weighted by Crippen LogP contribution is 2.22. The summed E-state index contributed by atoms with van der Waals surface area (Å²) in [6.45, 7) is 5.46. The largest absolute Gasteiger partial charge is 0.337 e. The lowest BCUT2D eigenvalue weighted by atomic mass is 10.0. The molecule has 0 saturated carbocycles. The Morgan fingerprint density at radius 2 is 2.10 bits per heavy atom. The summed E-state index contributed by atoms with van der Waals surface area (Å²) in [6, 6.07) is 11.3. The van der Waals surface area contributed by atoms with Crippen molar-refractivity contribution in [2.75, 3.05) is 26.2 Å². The Labute approximate surface area is 120 Å². The van der Waals surface area contributed by atoms with Crippen molar-refractivity contribution in [3.63, 3.8) is 0 Å². The highest BCUT2D eigenvalue weighted by Gasteiger charge is 2.22. The van der Waals surface area contributed by atoms with Gasteiger partial charge in [-0.1, -0.05) is 30.3 Å². The second-order valence-electron chi connectivity index (χ2n) is 5.32. The van der Waals surface area contributed by atoms with Crippen LogP contribution in [0, 0.1) is 0 Å². The van der Waals surface area contributed by atoms with Crippen molar-refractivity contribution in [1.82, 2.24) is 19.8 Å². The lowest BCUT2D eigenvalue weighted by Gasteiger charge is -2.36. The number of benzene rings is 1. The number of nitrogens with one attached hydrogen (secondary N) is 1. The van der Waals surface area contributed by atoms with Crippen molar-refractivity contribution >= 4 is 0 Å². The van der Waals surface area contributed by atoms with Crippen LogP contribution in [0.5, 0.6) is 0 Å². The molecule has 1 saturated heterocycles. The smallest absolute Gasteiger partial charge is 0.0945 e. The number of aryl methyl sites for hydroxylation is 1. The van der Waals surface area contributed by atoms with E-state index in [0.717, 1.165) is 32.7 Å². The van der Waals surface area contributed by atoms with Gasteiger partial charge in [-0.3, -0.25) is 4.90 Å². The van der Waals surface area contributed by atoms with Crippen molar-refractivity contribution in [2.24, 2.45) is 0 Å². The van der Waals surface area contributed by atoms with Gasteiger partial charge in [0.05, 0.1) is 6.33 Å². The maximum atomic E-state index is 4.09. The molecule has 2 aromatic rings. The number of hydrogen-bond acceptors (Lipinski definition) is 3. The third-order valence-electron chi connectivity index (χ3n) is 3.96. The van der Waals surface area contributed by atoms with Crippen LogP contribution < -0.4 is 5.32 Å². The molecule has 0 spiro atoms.